The van der Waals surface area contributed by atoms with Crippen molar-refractivity contribution in [3.05, 3.63) is 41.7 Å². The maximum Gasteiger partial charge on any atom is 0.416 e. The predicted molar refractivity (Wildman–Crippen MR) is 73.0 cm³/mol. The van der Waals surface area contributed by atoms with Gasteiger partial charge in [0.2, 0.25) is 0 Å². The number of hydrogen-bond donors (Lipinski definition) is 1. The number of nitrogens with zero attached hydrogens (tertiary/aromatic N) is 3. The average Bonchev–Trinajstić information content (AvgIpc) is 2.83. The Morgan fingerprint density at radius 3 is 2.52 bits per heavy atom. The van der Waals surface area contributed by atoms with Gasteiger partial charge in [-0.15, -0.1) is 5.10 Å². The molecule has 1 aromatic carbocycles. The van der Waals surface area contributed by atoms with E-state index in [4.69, 9.17) is 0 Å². The highest BCUT2D eigenvalue weighted by Gasteiger charge is 2.30. The molecule has 0 unspecified atom stereocenters. The molecule has 0 bridgehead atoms. The lowest BCUT2D eigenvalue weighted by atomic mass is 10.1. The molecular formula is C14H17F3N4. The summed E-state index contributed by atoms with van der Waals surface area (Å²) in [6, 6.07) is 5.00. The molecule has 0 fully saturated rings. The van der Waals surface area contributed by atoms with Crippen LogP contribution in [0.3, 0.4) is 0 Å². The Morgan fingerprint density at radius 1 is 1.19 bits per heavy atom. The Bertz CT molecular complexity index is 611. The van der Waals surface area contributed by atoms with Gasteiger partial charge in [-0.2, -0.15) is 13.2 Å². The third-order valence-corrected chi connectivity index (χ3v) is 2.78. The normalized spacial score (nSPS) is 12.7. The van der Waals surface area contributed by atoms with Crippen LogP contribution in [0.15, 0.2) is 30.5 Å². The Balaban J connectivity index is 2.18. The van der Waals surface area contributed by atoms with Crippen LogP contribution in [0.5, 0.6) is 0 Å². The monoisotopic (exact) mass is 298 g/mol. The lowest BCUT2D eigenvalue weighted by Crippen LogP contribution is -2.35. The molecule has 0 radical (unpaired) electrons. The van der Waals surface area contributed by atoms with Crippen molar-refractivity contribution in [3.8, 4) is 5.69 Å². The Labute approximate surface area is 121 Å². The van der Waals surface area contributed by atoms with Crippen molar-refractivity contribution in [2.45, 2.75) is 39.0 Å². The zero-order chi connectivity index (χ0) is 15.7. The van der Waals surface area contributed by atoms with Gasteiger partial charge in [0.05, 0.1) is 23.1 Å². The van der Waals surface area contributed by atoms with Crippen molar-refractivity contribution in [3.63, 3.8) is 0 Å². The molecule has 114 valence electrons. The molecule has 0 amide bonds. The number of nitrogens with one attached hydrogen (secondary N) is 1. The van der Waals surface area contributed by atoms with Gasteiger partial charge >= 0.3 is 6.18 Å². The fourth-order valence-corrected chi connectivity index (χ4v) is 1.69. The van der Waals surface area contributed by atoms with E-state index >= 15 is 0 Å². The van der Waals surface area contributed by atoms with Crippen molar-refractivity contribution in [1.29, 1.82) is 0 Å². The number of halogens is 3. The number of benzene rings is 1. The first-order valence-corrected chi connectivity index (χ1v) is 6.49. The quantitative estimate of drug-likeness (QED) is 0.946. The van der Waals surface area contributed by atoms with Gasteiger partial charge in [0.25, 0.3) is 0 Å². The van der Waals surface area contributed by atoms with Crippen molar-refractivity contribution < 1.29 is 13.2 Å². The zero-order valence-corrected chi connectivity index (χ0v) is 12.1. The van der Waals surface area contributed by atoms with Gasteiger partial charge in [-0.25, -0.2) is 4.68 Å². The van der Waals surface area contributed by atoms with Gasteiger partial charge in [-0.3, -0.25) is 0 Å². The van der Waals surface area contributed by atoms with Crippen LogP contribution in [0.25, 0.3) is 5.69 Å². The third-order valence-electron chi connectivity index (χ3n) is 2.78. The summed E-state index contributed by atoms with van der Waals surface area (Å²) in [5, 5.41) is 11.1. The number of aromatic nitrogens is 3. The van der Waals surface area contributed by atoms with E-state index in [9.17, 15) is 13.2 Å². The Hall–Kier alpha value is -1.89. The van der Waals surface area contributed by atoms with Crippen molar-refractivity contribution in [1.82, 2.24) is 20.3 Å². The van der Waals surface area contributed by atoms with Crippen molar-refractivity contribution in [2.24, 2.45) is 0 Å². The summed E-state index contributed by atoms with van der Waals surface area (Å²) in [4.78, 5) is 0. The van der Waals surface area contributed by atoms with E-state index in [0.29, 0.717) is 17.9 Å². The number of rotatable bonds is 3. The van der Waals surface area contributed by atoms with Crippen molar-refractivity contribution >= 4 is 0 Å². The van der Waals surface area contributed by atoms with E-state index in [-0.39, 0.29) is 5.54 Å². The lowest BCUT2D eigenvalue weighted by molar-refractivity contribution is -0.137. The Kier molecular flexibility index (Phi) is 4.04. The minimum absolute atomic E-state index is 0.0695. The largest absolute Gasteiger partial charge is 0.416 e. The fraction of sp³-hybridized carbons (Fsp3) is 0.429. The van der Waals surface area contributed by atoms with E-state index in [2.05, 4.69) is 15.6 Å². The molecule has 2 aromatic rings. The van der Waals surface area contributed by atoms with Gasteiger partial charge in [0, 0.05) is 12.1 Å². The second-order valence-electron chi connectivity index (χ2n) is 5.81. The summed E-state index contributed by atoms with van der Waals surface area (Å²) >= 11 is 0. The fourth-order valence-electron chi connectivity index (χ4n) is 1.69. The van der Waals surface area contributed by atoms with Crippen LogP contribution in [0.1, 0.15) is 32.0 Å². The molecule has 4 nitrogen and oxygen atoms in total. The molecule has 0 aliphatic rings. The molecule has 2 rings (SSSR count). The maximum atomic E-state index is 12.7. The molecule has 1 heterocycles. The van der Waals surface area contributed by atoms with E-state index in [1.165, 1.54) is 10.7 Å². The second-order valence-corrected chi connectivity index (χ2v) is 5.81. The molecule has 1 aromatic heterocycles. The highest BCUT2D eigenvalue weighted by atomic mass is 19.4. The van der Waals surface area contributed by atoms with Crippen molar-refractivity contribution in [2.75, 3.05) is 0 Å². The summed E-state index contributed by atoms with van der Waals surface area (Å²) in [6.45, 7) is 6.56. The predicted octanol–water partition coefficient (Wildman–Crippen LogP) is 3.17. The van der Waals surface area contributed by atoms with Crippen LogP contribution in [-0.2, 0) is 12.7 Å². The summed E-state index contributed by atoms with van der Waals surface area (Å²) in [5.41, 5.74) is 0.228. The third kappa shape index (κ3) is 4.29. The minimum atomic E-state index is -4.37. The van der Waals surface area contributed by atoms with Gasteiger partial charge in [-0.05, 0) is 39.0 Å². The van der Waals surface area contributed by atoms with E-state index < -0.39 is 11.7 Å². The van der Waals surface area contributed by atoms with Crippen LogP contribution in [-0.4, -0.2) is 20.5 Å². The summed E-state index contributed by atoms with van der Waals surface area (Å²) in [5.74, 6) is 0. The summed E-state index contributed by atoms with van der Waals surface area (Å²) in [7, 11) is 0. The topological polar surface area (TPSA) is 42.7 Å². The molecular weight excluding hydrogens is 281 g/mol. The average molecular weight is 298 g/mol. The van der Waals surface area contributed by atoms with Gasteiger partial charge < -0.3 is 5.32 Å². The first kappa shape index (κ1) is 15.5. The van der Waals surface area contributed by atoms with Gasteiger partial charge in [-0.1, -0.05) is 11.3 Å². The first-order chi connectivity index (χ1) is 9.65. The summed E-state index contributed by atoms with van der Waals surface area (Å²) < 4.78 is 39.4. The molecule has 0 spiro atoms. The summed E-state index contributed by atoms with van der Waals surface area (Å²) in [6.07, 6.45) is -2.75. The SMILES string of the molecule is CC(C)(C)NCc1cn(-c2cccc(C(F)(F)F)c2)nn1. The minimum Gasteiger partial charge on any atom is -0.306 e. The van der Waals surface area contributed by atoms with Crippen LogP contribution >= 0.6 is 0 Å². The molecule has 21 heavy (non-hydrogen) atoms. The van der Waals surface area contributed by atoms with E-state index in [1.54, 1.807) is 12.3 Å². The first-order valence-electron chi connectivity index (χ1n) is 6.49. The van der Waals surface area contributed by atoms with Gasteiger partial charge in [0.1, 0.15) is 0 Å². The molecule has 0 aliphatic heterocycles. The number of hydrogen-bond acceptors (Lipinski definition) is 3. The molecule has 1 N–H and O–H groups in total. The highest BCUT2D eigenvalue weighted by molar-refractivity contribution is 5.36. The van der Waals surface area contributed by atoms with Crippen LogP contribution in [0, 0.1) is 0 Å². The van der Waals surface area contributed by atoms with Gasteiger partial charge in [0.15, 0.2) is 0 Å². The standard InChI is InChI=1S/C14H17F3N4/c1-13(2,3)18-8-11-9-21(20-19-11)12-6-4-5-10(7-12)14(15,16)17/h4-7,9,18H,8H2,1-3H3. The maximum absolute atomic E-state index is 12.7. The van der Waals surface area contributed by atoms with Crippen LogP contribution < -0.4 is 5.32 Å². The number of alkyl halides is 3. The second kappa shape index (κ2) is 5.48. The molecule has 7 heteroatoms. The molecule has 0 saturated carbocycles. The smallest absolute Gasteiger partial charge is 0.306 e. The Morgan fingerprint density at radius 2 is 1.90 bits per heavy atom. The van der Waals surface area contributed by atoms with E-state index in [0.717, 1.165) is 12.1 Å². The van der Waals surface area contributed by atoms with E-state index in [1.807, 2.05) is 20.8 Å². The van der Waals surface area contributed by atoms with Crippen LogP contribution in [0.4, 0.5) is 13.2 Å². The molecule has 0 saturated heterocycles. The molecule has 0 atom stereocenters. The van der Waals surface area contributed by atoms with Crippen LogP contribution in [0.2, 0.25) is 0 Å². The zero-order valence-electron chi connectivity index (χ0n) is 12.1. The lowest BCUT2D eigenvalue weighted by Gasteiger charge is -2.19. The molecule has 0 aliphatic carbocycles. The highest BCUT2D eigenvalue weighted by Crippen LogP contribution is 2.30.